The number of esters is 1. The van der Waals surface area contributed by atoms with Gasteiger partial charge < -0.3 is 4.74 Å². The number of carbonyl (C=O) groups is 1. The summed E-state index contributed by atoms with van der Waals surface area (Å²) in [6.45, 7) is 0. The van der Waals surface area contributed by atoms with Crippen LogP contribution in [0, 0.1) is 165 Å². The Morgan fingerprint density at radius 3 is 2.29 bits per heavy atom. The highest BCUT2D eigenvalue weighted by atomic mass is 32.1. The van der Waals surface area contributed by atoms with E-state index in [0.29, 0.717) is 11.8 Å². The molecule has 52 heavy (non-hydrogen) atoms. The summed E-state index contributed by atoms with van der Waals surface area (Å²) < 4.78 is 5.29. The fourth-order valence-electron chi connectivity index (χ4n) is 25.8. The van der Waals surface area contributed by atoms with Crippen LogP contribution < -0.4 is 0 Å². The number of carbonyl (C=O) groups excluding carboxylic acids is 1. The number of thiophene rings is 1. The van der Waals surface area contributed by atoms with Gasteiger partial charge in [-0.05, 0) is 216 Å². The van der Waals surface area contributed by atoms with Crippen LogP contribution >= 0.6 is 11.3 Å². The number of ether oxygens (including phenoxy) is 1. The fraction of sp³-hybridized carbons (Fsp3) is 0.776. The van der Waals surface area contributed by atoms with Gasteiger partial charge >= 0.3 is 5.97 Å². The molecule has 0 amide bonds. The summed E-state index contributed by atoms with van der Waals surface area (Å²) in [6, 6.07) is 4.98. The molecule has 266 valence electrons. The Labute approximate surface area is 312 Å². The van der Waals surface area contributed by atoms with Crippen molar-refractivity contribution in [1.29, 1.82) is 0 Å². The van der Waals surface area contributed by atoms with Crippen LogP contribution in [-0.2, 0) is 14.9 Å². The number of methoxy groups -OCH3 is 1. The summed E-state index contributed by atoms with van der Waals surface area (Å²) in [5, 5.41) is 2.42. The lowest BCUT2D eigenvalue weighted by atomic mass is 9.42. The first-order valence-electron chi connectivity index (χ1n) is 22.9. The van der Waals surface area contributed by atoms with Gasteiger partial charge in [-0.25, -0.2) is 0 Å². The van der Waals surface area contributed by atoms with Crippen LogP contribution in [0.4, 0.5) is 0 Å². The van der Waals surface area contributed by atoms with E-state index in [1.54, 1.807) is 24.8 Å². The van der Waals surface area contributed by atoms with Gasteiger partial charge in [-0.2, -0.15) is 0 Å². The first-order valence-corrected chi connectivity index (χ1v) is 23.8. The maximum atomic E-state index is 12.7. The molecule has 14 saturated carbocycles. The highest BCUT2D eigenvalue weighted by Gasteiger charge is 2.94. The van der Waals surface area contributed by atoms with Crippen molar-refractivity contribution in [2.45, 2.75) is 56.8 Å². The van der Waals surface area contributed by atoms with Crippen LogP contribution in [-0.4, -0.2) is 13.1 Å². The Morgan fingerprint density at radius 2 is 1.44 bits per heavy atom. The highest BCUT2D eigenvalue weighted by Crippen LogP contribution is 2.97. The Kier molecular flexibility index (Phi) is 4.02. The third-order valence-corrected chi connectivity index (χ3v) is 25.4. The zero-order chi connectivity index (χ0) is 32.8. The lowest BCUT2D eigenvalue weighted by Gasteiger charge is -2.62. The van der Waals surface area contributed by atoms with E-state index in [9.17, 15) is 4.79 Å². The minimum absolute atomic E-state index is 0.00876. The third-order valence-electron chi connectivity index (χ3n) is 24.4. The van der Waals surface area contributed by atoms with Crippen LogP contribution in [0.2, 0.25) is 0 Å². The zero-order valence-corrected chi connectivity index (χ0v) is 31.3. The van der Waals surface area contributed by atoms with Crippen molar-refractivity contribution in [1.82, 2.24) is 0 Å². The monoisotopic (exact) mass is 704 g/mol. The van der Waals surface area contributed by atoms with Gasteiger partial charge in [0.1, 0.15) is 0 Å². The van der Waals surface area contributed by atoms with Crippen molar-refractivity contribution in [3.05, 3.63) is 57.3 Å². The molecule has 29 unspecified atom stereocenters. The fourth-order valence-corrected chi connectivity index (χ4v) is 26.9. The second-order valence-electron chi connectivity index (χ2n) is 23.5. The van der Waals surface area contributed by atoms with E-state index in [1.165, 1.54) is 25.7 Å². The quantitative estimate of drug-likeness (QED) is 0.226. The first-order chi connectivity index (χ1) is 25.7. The van der Waals surface area contributed by atoms with Gasteiger partial charge in [-0.3, -0.25) is 4.79 Å². The van der Waals surface area contributed by atoms with Crippen LogP contribution in [0.1, 0.15) is 56.2 Å². The molecule has 0 aromatic carbocycles. The van der Waals surface area contributed by atoms with Gasteiger partial charge in [-0.1, -0.05) is 41.0 Å². The van der Waals surface area contributed by atoms with Crippen LogP contribution in [0.5, 0.6) is 0 Å². The summed E-state index contributed by atoms with van der Waals surface area (Å²) in [4.78, 5) is 14.5. The van der Waals surface area contributed by atoms with Crippen molar-refractivity contribution in [3.63, 3.8) is 0 Å². The molecular weight excluding hydrogens is 653 g/mol. The summed E-state index contributed by atoms with van der Waals surface area (Å²) in [7, 11) is 1.60. The van der Waals surface area contributed by atoms with Gasteiger partial charge in [-0.15, -0.1) is 11.3 Å². The molecule has 14 fully saturated rings. The van der Waals surface area contributed by atoms with Crippen LogP contribution in [0.15, 0.2) is 52.5 Å². The second-order valence-corrected chi connectivity index (χ2v) is 24.5. The van der Waals surface area contributed by atoms with E-state index in [2.05, 4.69) is 58.2 Å². The Morgan fingerprint density at radius 1 is 0.712 bits per heavy atom. The van der Waals surface area contributed by atoms with Gasteiger partial charge in [0.25, 0.3) is 0 Å². The molecule has 1 aromatic heterocycles. The SMILES string of the molecule is COC(=O)CCCC1(c2cccs2)C2C3CC4=CC5CC6CC7CC8=CC9CC%10=CC21C1C%10C2C9C9C8C7C7C6C6C5C4C4C3C1C1C2C9C7C6C41. The maximum Gasteiger partial charge on any atom is 0.305 e. The van der Waals surface area contributed by atoms with E-state index < -0.39 is 0 Å². The number of rotatable bonds is 5. The molecule has 18 rings (SSSR count). The highest BCUT2D eigenvalue weighted by molar-refractivity contribution is 7.10. The maximum absolute atomic E-state index is 12.7. The minimum Gasteiger partial charge on any atom is -0.469 e. The number of hydrogen-bond donors (Lipinski definition) is 0. The number of hydrogen-bond acceptors (Lipinski definition) is 3. The molecule has 0 radical (unpaired) electrons. The smallest absolute Gasteiger partial charge is 0.305 e. The molecule has 17 aliphatic rings. The van der Waals surface area contributed by atoms with Crippen LogP contribution in [0.25, 0.3) is 0 Å². The molecule has 2 nitrogen and oxygen atoms in total. The summed E-state index contributed by atoms with van der Waals surface area (Å²) in [5.41, 5.74) is 6.73. The molecule has 17 aliphatic carbocycles. The molecule has 1 aromatic rings. The predicted octanol–water partition coefficient (Wildman–Crippen LogP) is 8.91. The number of allylic oxidation sites excluding steroid dienone is 6. The lowest BCUT2D eigenvalue weighted by Crippen LogP contribution is -2.59. The predicted molar refractivity (Wildman–Crippen MR) is 196 cm³/mol. The summed E-state index contributed by atoms with van der Waals surface area (Å²) in [5.74, 6) is 27.8. The zero-order valence-electron chi connectivity index (χ0n) is 30.4. The van der Waals surface area contributed by atoms with E-state index in [4.69, 9.17) is 4.74 Å². The van der Waals surface area contributed by atoms with Gasteiger partial charge in [0.15, 0.2) is 0 Å². The topological polar surface area (TPSA) is 26.3 Å². The second kappa shape index (κ2) is 7.72. The largest absolute Gasteiger partial charge is 0.469 e. The average Bonchev–Trinajstić information content (AvgIpc) is 3.93. The standard InChI is InChI=1S/C49H52O2S/c1-51-25(50)5-2-6-48(24-4-3-7-52-24)47-23-14-21-12-18-10-19-9-16-8-17-11-20-13-22-15-49(47,48)46-32(22)37-31(20)36-27(17)26(16)34-30(19)35-28(18)29(21)38-33(23)45(46)44-42(37)40(36)39(34)41(35)43(38)44/h3-4,7,11-12,15-16,18-20,23,26-47H,2,5-6,8-10,13-14H2,1H3. The van der Waals surface area contributed by atoms with Crippen molar-refractivity contribution >= 4 is 17.3 Å². The van der Waals surface area contributed by atoms with E-state index >= 15 is 0 Å². The molecule has 1 heterocycles. The Bertz CT molecular complexity index is 2110. The molecule has 0 aliphatic heterocycles. The third kappa shape index (κ3) is 2.20. The molecule has 29 atom stereocenters. The first kappa shape index (κ1) is 27.1. The molecule has 0 saturated heterocycles. The minimum atomic E-state index is 0.00876. The molecule has 0 bridgehead atoms. The lowest BCUT2D eigenvalue weighted by molar-refractivity contribution is -0.145. The normalized spacial score (nSPS) is 71.0. The Hall–Kier alpha value is -1.61. The van der Waals surface area contributed by atoms with E-state index in [0.717, 1.165) is 166 Å². The van der Waals surface area contributed by atoms with Crippen molar-refractivity contribution < 1.29 is 9.53 Å². The van der Waals surface area contributed by atoms with Crippen molar-refractivity contribution in [2.24, 2.45) is 165 Å². The van der Waals surface area contributed by atoms with Gasteiger partial charge in [0.2, 0.25) is 0 Å². The summed E-state index contributed by atoms with van der Waals surface area (Å²) in [6.07, 6.45) is 19.8. The van der Waals surface area contributed by atoms with E-state index in [1.807, 2.05) is 5.57 Å². The average molecular weight is 705 g/mol. The van der Waals surface area contributed by atoms with Gasteiger partial charge in [0.05, 0.1) is 7.11 Å². The van der Waals surface area contributed by atoms with E-state index in [-0.39, 0.29) is 11.4 Å². The Balaban J connectivity index is 0.951. The molecule has 3 heteroatoms. The van der Waals surface area contributed by atoms with Crippen LogP contribution in [0.3, 0.4) is 0 Å². The summed E-state index contributed by atoms with van der Waals surface area (Å²) >= 11 is 2.11. The van der Waals surface area contributed by atoms with Crippen molar-refractivity contribution in [2.75, 3.05) is 7.11 Å². The van der Waals surface area contributed by atoms with Gasteiger partial charge in [0, 0.05) is 22.1 Å². The molecule has 1 spiro atoms. The molecular formula is C49H52O2S. The number of fused-ring (bicyclic) bond motifs is 1. The van der Waals surface area contributed by atoms with Crippen molar-refractivity contribution in [3.8, 4) is 0 Å². The molecule has 0 N–H and O–H groups in total.